The number of rotatable bonds is 6. The summed E-state index contributed by atoms with van der Waals surface area (Å²) in [5.74, 6) is 3.38. The molecule has 0 N–H and O–H groups in total. The van der Waals surface area contributed by atoms with Crippen molar-refractivity contribution < 1.29 is 14.3 Å². The average Bonchev–Trinajstić information content (AvgIpc) is 3.13. The molecule has 176 valence electrons. The van der Waals surface area contributed by atoms with Gasteiger partial charge in [-0.15, -0.1) is 6.42 Å². The maximum absolute atomic E-state index is 13.6. The van der Waals surface area contributed by atoms with Gasteiger partial charge in [0.1, 0.15) is 6.61 Å². The number of nitrogens with zero attached hydrogens (tertiary/aromatic N) is 2. The summed E-state index contributed by atoms with van der Waals surface area (Å²) in [6.45, 7) is 0.0994. The second-order valence-electron chi connectivity index (χ2n) is 8.81. The predicted molar refractivity (Wildman–Crippen MR) is 136 cm³/mol. The zero-order chi connectivity index (χ0) is 23.2. The van der Waals surface area contributed by atoms with Gasteiger partial charge >= 0.3 is 0 Å². The number of ether oxygens (including phenoxy) is 2. The standard InChI is InChI=1S/C26H31ClN2O3S/c1-3-14-32-24-21(27)15-18(16-22(24)31-2)17-23-25(30)29(20-12-8-5-9-13-20)26(33-23)28-19-10-6-4-7-11-19/h1,15-17,19-20H,4-14H2,2H3. The molecule has 3 aliphatic rings. The Morgan fingerprint density at radius 2 is 1.88 bits per heavy atom. The van der Waals surface area contributed by atoms with Crippen LogP contribution in [0.5, 0.6) is 11.5 Å². The van der Waals surface area contributed by atoms with Crippen LogP contribution in [0.3, 0.4) is 0 Å². The number of halogens is 1. The predicted octanol–water partition coefficient (Wildman–Crippen LogP) is 6.30. The van der Waals surface area contributed by atoms with Crippen LogP contribution in [-0.2, 0) is 4.79 Å². The molecule has 0 atom stereocenters. The van der Waals surface area contributed by atoms with Crippen LogP contribution in [0.15, 0.2) is 22.0 Å². The van der Waals surface area contributed by atoms with Gasteiger partial charge in [-0.2, -0.15) is 0 Å². The van der Waals surface area contributed by atoms with Crippen molar-refractivity contribution in [1.29, 1.82) is 0 Å². The minimum absolute atomic E-state index is 0.0456. The Morgan fingerprint density at radius 1 is 1.18 bits per heavy atom. The Balaban J connectivity index is 1.64. The van der Waals surface area contributed by atoms with Crippen LogP contribution >= 0.6 is 23.4 Å². The third-order valence-corrected chi connectivity index (χ3v) is 7.77. The van der Waals surface area contributed by atoms with Crippen LogP contribution in [0.25, 0.3) is 6.08 Å². The van der Waals surface area contributed by atoms with Crippen molar-refractivity contribution in [2.75, 3.05) is 13.7 Å². The average molecular weight is 487 g/mol. The number of hydrogen-bond acceptors (Lipinski definition) is 5. The second kappa shape index (κ2) is 11.4. The van der Waals surface area contributed by atoms with E-state index in [1.54, 1.807) is 13.2 Å². The minimum Gasteiger partial charge on any atom is -0.493 e. The zero-order valence-electron chi connectivity index (χ0n) is 19.1. The van der Waals surface area contributed by atoms with Crippen molar-refractivity contribution in [2.45, 2.75) is 76.3 Å². The van der Waals surface area contributed by atoms with Crippen LogP contribution in [0.2, 0.25) is 5.02 Å². The highest BCUT2D eigenvalue weighted by Crippen LogP contribution is 2.41. The van der Waals surface area contributed by atoms with Gasteiger partial charge < -0.3 is 9.47 Å². The van der Waals surface area contributed by atoms with Gasteiger partial charge in [0.25, 0.3) is 5.91 Å². The smallest absolute Gasteiger partial charge is 0.266 e. The molecule has 1 saturated heterocycles. The van der Waals surface area contributed by atoms with Crippen LogP contribution < -0.4 is 9.47 Å². The first-order valence-electron chi connectivity index (χ1n) is 11.9. The van der Waals surface area contributed by atoms with Crippen LogP contribution in [0.1, 0.15) is 69.8 Å². The molecule has 1 aromatic carbocycles. The molecule has 33 heavy (non-hydrogen) atoms. The number of methoxy groups -OCH3 is 1. The highest BCUT2D eigenvalue weighted by atomic mass is 35.5. The minimum atomic E-state index is 0.0456. The summed E-state index contributed by atoms with van der Waals surface area (Å²) in [4.78, 5) is 21.3. The van der Waals surface area contributed by atoms with E-state index in [1.807, 2.05) is 17.0 Å². The second-order valence-corrected chi connectivity index (χ2v) is 10.2. The van der Waals surface area contributed by atoms with Crippen molar-refractivity contribution in [3.05, 3.63) is 27.6 Å². The number of hydrogen-bond donors (Lipinski definition) is 0. The third-order valence-electron chi connectivity index (χ3n) is 6.49. The number of amides is 1. The Labute approximate surface area is 205 Å². The number of thioether (sulfide) groups is 1. The summed E-state index contributed by atoms with van der Waals surface area (Å²) in [5.41, 5.74) is 0.781. The summed E-state index contributed by atoms with van der Waals surface area (Å²) in [6.07, 6.45) is 18.8. The molecular weight excluding hydrogens is 456 g/mol. The van der Waals surface area contributed by atoms with Gasteiger partial charge in [-0.3, -0.25) is 14.7 Å². The van der Waals surface area contributed by atoms with E-state index in [9.17, 15) is 4.79 Å². The summed E-state index contributed by atoms with van der Waals surface area (Å²) in [7, 11) is 1.56. The molecule has 2 aliphatic carbocycles. The first-order valence-corrected chi connectivity index (χ1v) is 13.0. The third kappa shape index (κ3) is 5.70. The van der Waals surface area contributed by atoms with E-state index >= 15 is 0 Å². The molecular formula is C26H31ClN2O3S. The van der Waals surface area contributed by atoms with Crippen molar-refractivity contribution in [2.24, 2.45) is 4.99 Å². The van der Waals surface area contributed by atoms with E-state index in [1.165, 1.54) is 50.3 Å². The lowest BCUT2D eigenvalue weighted by Gasteiger charge is -2.31. The fourth-order valence-corrected chi connectivity index (χ4v) is 6.22. The van der Waals surface area contributed by atoms with Gasteiger partial charge in [0.2, 0.25) is 0 Å². The van der Waals surface area contributed by atoms with E-state index in [2.05, 4.69) is 5.92 Å². The van der Waals surface area contributed by atoms with E-state index in [-0.39, 0.29) is 18.6 Å². The van der Waals surface area contributed by atoms with Crippen LogP contribution in [0.4, 0.5) is 0 Å². The first-order chi connectivity index (χ1) is 16.1. The van der Waals surface area contributed by atoms with E-state index < -0.39 is 0 Å². The van der Waals surface area contributed by atoms with Crippen molar-refractivity contribution in [3.63, 3.8) is 0 Å². The van der Waals surface area contributed by atoms with Gasteiger partial charge in [0.05, 0.1) is 23.1 Å². The van der Waals surface area contributed by atoms with Crippen LogP contribution in [-0.4, -0.2) is 41.8 Å². The van der Waals surface area contributed by atoms with Gasteiger partial charge in [-0.25, -0.2) is 0 Å². The maximum Gasteiger partial charge on any atom is 0.266 e. The number of carbonyl (C=O) groups excluding carboxylic acids is 1. The number of terminal acetylenes is 1. The lowest BCUT2D eigenvalue weighted by molar-refractivity contribution is -0.124. The topological polar surface area (TPSA) is 51.1 Å². The molecule has 1 aliphatic heterocycles. The van der Waals surface area contributed by atoms with Crippen molar-refractivity contribution in [3.8, 4) is 23.8 Å². The molecule has 0 unspecified atom stereocenters. The summed E-state index contributed by atoms with van der Waals surface area (Å²) >= 11 is 7.94. The Bertz CT molecular complexity index is 972. The molecule has 0 aromatic heterocycles. The van der Waals surface area contributed by atoms with Crippen molar-refractivity contribution >= 4 is 40.5 Å². The van der Waals surface area contributed by atoms with Gasteiger partial charge in [-0.1, -0.05) is 56.0 Å². The van der Waals surface area contributed by atoms with Gasteiger partial charge in [-0.05, 0) is 61.2 Å². The molecule has 1 aromatic rings. The molecule has 2 saturated carbocycles. The number of benzene rings is 1. The van der Waals surface area contributed by atoms with E-state index in [4.69, 9.17) is 32.5 Å². The Kier molecular flexibility index (Phi) is 8.27. The quantitative estimate of drug-likeness (QED) is 0.350. The monoisotopic (exact) mass is 486 g/mol. The lowest BCUT2D eigenvalue weighted by atomic mass is 9.94. The molecule has 0 bridgehead atoms. The normalized spacial score (nSPS) is 22.7. The Morgan fingerprint density at radius 3 is 2.55 bits per heavy atom. The highest BCUT2D eigenvalue weighted by Gasteiger charge is 2.39. The number of amidine groups is 1. The summed E-state index contributed by atoms with van der Waals surface area (Å²) in [5, 5.41) is 1.27. The number of aliphatic imine (C=N–C) groups is 1. The lowest BCUT2D eigenvalue weighted by Crippen LogP contribution is -2.41. The first kappa shape index (κ1) is 24.0. The van der Waals surface area contributed by atoms with Crippen molar-refractivity contribution in [1.82, 2.24) is 4.90 Å². The van der Waals surface area contributed by atoms with E-state index in [0.29, 0.717) is 27.5 Å². The molecule has 1 amide bonds. The Hall–Kier alpha value is -2.10. The molecule has 3 fully saturated rings. The van der Waals surface area contributed by atoms with E-state index in [0.717, 1.165) is 36.4 Å². The largest absolute Gasteiger partial charge is 0.493 e. The SMILES string of the molecule is C#CCOc1c(Cl)cc(C=C2SC(=NC3CCCCC3)N(C3CCCCC3)C2=O)cc1OC. The molecule has 4 rings (SSSR count). The van der Waals surface area contributed by atoms with Crippen LogP contribution in [0, 0.1) is 12.3 Å². The van der Waals surface area contributed by atoms with Gasteiger partial charge in [0.15, 0.2) is 16.7 Å². The molecule has 7 heteroatoms. The number of carbonyl (C=O) groups is 1. The molecule has 0 radical (unpaired) electrons. The summed E-state index contributed by atoms with van der Waals surface area (Å²) in [6, 6.07) is 4.16. The van der Waals surface area contributed by atoms with Gasteiger partial charge in [0, 0.05) is 6.04 Å². The fraction of sp³-hybridized carbons (Fsp3) is 0.538. The highest BCUT2D eigenvalue weighted by molar-refractivity contribution is 8.18. The maximum atomic E-state index is 13.6. The molecule has 0 spiro atoms. The summed E-state index contributed by atoms with van der Waals surface area (Å²) < 4.78 is 11.0. The zero-order valence-corrected chi connectivity index (χ0v) is 20.7. The molecule has 5 nitrogen and oxygen atoms in total. The fourth-order valence-electron chi connectivity index (χ4n) is 4.83. The molecule has 1 heterocycles.